The van der Waals surface area contributed by atoms with E-state index < -0.39 is 6.10 Å². The largest absolute Gasteiger partial charge is 0.387 e. The monoisotopic (exact) mass is 268 g/mol. The molecule has 1 aromatic carbocycles. The fourth-order valence-electron chi connectivity index (χ4n) is 3.07. The molecule has 0 bridgehead atoms. The van der Waals surface area contributed by atoms with Crippen LogP contribution < -0.4 is 0 Å². The minimum atomic E-state index is -0.396. The van der Waals surface area contributed by atoms with Crippen LogP contribution in [0.1, 0.15) is 29.2 Å². The number of hydrogen-bond acceptors (Lipinski definition) is 3. The molecule has 3 nitrogen and oxygen atoms in total. The zero-order valence-electron chi connectivity index (χ0n) is 11.7. The number of aromatic nitrogens is 1. The number of likely N-dealkylation sites (N-methyl/N-ethyl adjacent to an activating group) is 1. The molecule has 104 valence electrons. The minimum Gasteiger partial charge on any atom is -0.387 e. The Labute approximate surface area is 119 Å². The van der Waals surface area contributed by atoms with Crippen molar-refractivity contribution in [3.63, 3.8) is 0 Å². The number of nitrogens with zero attached hydrogens (tertiary/aromatic N) is 2. The highest BCUT2D eigenvalue weighted by atomic mass is 16.3. The molecule has 0 fully saturated rings. The Morgan fingerprint density at radius 1 is 1.20 bits per heavy atom. The standard InChI is InChI=1S/C17H20N2O/c1-19(12-13-8-10-18-11-9-13)16-7-6-14-4-2-3-5-15(14)17(16)20/h2-5,8-11,16-17,20H,6-7,12H2,1H3. The van der Waals surface area contributed by atoms with Gasteiger partial charge < -0.3 is 5.11 Å². The van der Waals surface area contributed by atoms with Crippen molar-refractivity contribution in [2.24, 2.45) is 0 Å². The first-order valence-corrected chi connectivity index (χ1v) is 7.10. The van der Waals surface area contributed by atoms with Crippen LogP contribution in [0.5, 0.6) is 0 Å². The highest BCUT2D eigenvalue weighted by Gasteiger charge is 2.30. The molecule has 0 aliphatic heterocycles. The molecular weight excluding hydrogens is 248 g/mol. The molecule has 0 radical (unpaired) electrons. The van der Waals surface area contributed by atoms with Crippen molar-refractivity contribution in [2.45, 2.75) is 31.5 Å². The fourth-order valence-corrected chi connectivity index (χ4v) is 3.07. The van der Waals surface area contributed by atoms with Crippen LogP contribution in [0.3, 0.4) is 0 Å². The molecular formula is C17H20N2O. The average Bonchev–Trinajstić information content (AvgIpc) is 2.49. The normalized spacial score (nSPS) is 21.8. The summed E-state index contributed by atoms with van der Waals surface area (Å²) in [5, 5.41) is 10.6. The second-order valence-corrected chi connectivity index (χ2v) is 5.52. The number of benzene rings is 1. The van der Waals surface area contributed by atoms with Crippen molar-refractivity contribution in [3.05, 3.63) is 65.5 Å². The Morgan fingerprint density at radius 2 is 1.95 bits per heavy atom. The van der Waals surface area contributed by atoms with E-state index in [1.54, 1.807) is 0 Å². The van der Waals surface area contributed by atoms with E-state index in [4.69, 9.17) is 0 Å². The lowest BCUT2D eigenvalue weighted by atomic mass is 9.85. The van der Waals surface area contributed by atoms with Gasteiger partial charge in [-0.05, 0) is 48.7 Å². The molecule has 1 aliphatic carbocycles. The number of aliphatic hydroxyl groups is 1. The summed E-state index contributed by atoms with van der Waals surface area (Å²) in [6.45, 7) is 0.840. The molecule has 1 aromatic heterocycles. The topological polar surface area (TPSA) is 36.4 Å². The maximum Gasteiger partial charge on any atom is 0.0947 e. The number of fused-ring (bicyclic) bond motifs is 1. The zero-order chi connectivity index (χ0) is 13.9. The zero-order valence-corrected chi connectivity index (χ0v) is 11.7. The quantitative estimate of drug-likeness (QED) is 0.929. The van der Waals surface area contributed by atoms with E-state index in [0.717, 1.165) is 24.9 Å². The third kappa shape index (κ3) is 2.60. The lowest BCUT2D eigenvalue weighted by Crippen LogP contribution is -2.39. The van der Waals surface area contributed by atoms with Gasteiger partial charge in [0.15, 0.2) is 0 Å². The summed E-state index contributed by atoms with van der Waals surface area (Å²) in [4.78, 5) is 6.29. The van der Waals surface area contributed by atoms with Gasteiger partial charge in [-0.1, -0.05) is 24.3 Å². The van der Waals surface area contributed by atoms with Crippen LogP contribution in [0.4, 0.5) is 0 Å². The van der Waals surface area contributed by atoms with E-state index in [2.05, 4.69) is 23.0 Å². The summed E-state index contributed by atoms with van der Waals surface area (Å²) in [5.41, 5.74) is 3.60. The van der Waals surface area contributed by atoms with Gasteiger partial charge in [0, 0.05) is 25.0 Å². The second kappa shape index (κ2) is 5.73. The Morgan fingerprint density at radius 3 is 2.75 bits per heavy atom. The van der Waals surface area contributed by atoms with Crippen LogP contribution in [-0.4, -0.2) is 28.1 Å². The van der Waals surface area contributed by atoms with Crippen molar-refractivity contribution in [1.82, 2.24) is 9.88 Å². The van der Waals surface area contributed by atoms with Gasteiger partial charge in [-0.15, -0.1) is 0 Å². The molecule has 0 amide bonds. The van der Waals surface area contributed by atoms with Crippen molar-refractivity contribution in [1.29, 1.82) is 0 Å². The Bertz CT molecular complexity index is 570. The maximum absolute atomic E-state index is 10.6. The third-order valence-corrected chi connectivity index (χ3v) is 4.20. The smallest absolute Gasteiger partial charge is 0.0947 e. The molecule has 0 saturated heterocycles. The van der Waals surface area contributed by atoms with Gasteiger partial charge >= 0.3 is 0 Å². The Balaban J connectivity index is 1.75. The molecule has 3 heteroatoms. The van der Waals surface area contributed by atoms with Gasteiger partial charge in [0.1, 0.15) is 0 Å². The number of aryl methyl sites for hydroxylation is 1. The summed E-state index contributed by atoms with van der Waals surface area (Å²) in [6.07, 6.45) is 5.27. The van der Waals surface area contributed by atoms with E-state index in [-0.39, 0.29) is 6.04 Å². The summed E-state index contributed by atoms with van der Waals surface area (Å²) >= 11 is 0. The van der Waals surface area contributed by atoms with Gasteiger partial charge in [0.25, 0.3) is 0 Å². The molecule has 1 N–H and O–H groups in total. The van der Waals surface area contributed by atoms with Crippen molar-refractivity contribution in [3.8, 4) is 0 Å². The van der Waals surface area contributed by atoms with E-state index in [1.165, 1.54) is 11.1 Å². The molecule has 2 unspecified atom stereocenters. The first kappa shape index (κ1) is 13.3. The first-order valence-electron chi connectivity index (χ1n) is 7.10. The fraction of sp³-hybridized carbons (Fsp3) is 0.353. The SMILES string of the molecule is CN(Cc1ccncc1)C1CCc2ccccc2C1O. The van der Waals surface area contributed by atoms with Gasteiger partial charge in [-0.3, -0.25) is 9.88 Å². The summed E-state index contributed by atoms with van der Waals surface area (Å²) in [7, 11) is 2.09. The van der Waals surface area contributed by atoms with Crippen molar-refractivity contribution >= 4 is 0 Å². The lowest BCUT2D eigenvalue weighted by molar-refractivity contribution is 0.0462. The lowest BCUT2D eigenvalue weighted by Gasteiger charge is -2.36. The van der Waals surface area contributed by atoms with E-state index in [9.17, 15) is 5.11 Å². The molecule has 0 spiro atoms. The van der Waals surface area contributed by atoms with Crippen LogP contribution in [0.25, 0.3) is 0 Å². The van der Waals surface area contributed by atoms with E-state index in [1.807, 2.05) is 42.7 Å². The van der Waals surface area contributed by atoms with Crippen LogP contribution in [0, 0.1) is 0 Å². The third-order valence-electron chi connectivity index (χ3n) is 4.20. The second-order valence-electron chi connectivity index (χ2n) is 5.52. The average molecular weight is 268 g/mol. The molecule has 1 aliphatic rings. The van der Waals surface area contributed by atoms with E-state index >= 15 is 0 Å². The van der Waals surface area contributed by atoms with Gasteiger partial charge in [-0.25, -0.2) is 0 Å². The molecule has 2 aromatic rings. The Kier molecular flexibility index (Phi) is 3.81. The molecule has 20 heavy (non-hydrogen) atoms. The van der Waals surface area contributed by atoms with Crippen LogP contribution in [0.15, 0.2) is 48.8 Å². The summed E-state index contributed by atoms with van der Waals surface area (Å²) in [5.74, 6) is 0. The Hall–Kier alpha value is -1.71. The van der Waals surface area contributed by atoms with Crippen LogP contribution in [-0.2, 0) is 13.0 Å². The number of pyridine rings is 1. The molecule has 1 heterocycles. The van der Waals surface area contributed by atoms with Gasteiger partial charge in [0.05, 0.1) is 6.10 Å². The number of rotatable bonds is 3. The van der Waals surface area contributed by atoms with Crippen molar-refractivity contribution in [2.75, 3.05) is 7.05 Å². The van der Waals surface area contributed by atoms with Crippen molar-refractivity contribution < 1.29 is 5.11 Å². The molecule has 3 rings (SSSR count). The highest BCUT2D eigenvalue weighted by Crippen LogP contribution is 2.32. The van der Waals surface area contributed by atoms with E-state index in [0.29, 0.717) is 0 Å². The highest BCUT2D eigenvalue weighted by molar-refractivity contribution is 5.32. The minimum absolute atomic E-state index is 0.179. The predicted molar refractivity (Wildman–Crippen MR) is 79.2 cm³/mol. The summed E-state index contributed by atoms with van der Waals surface area (Å²) < 4.78 is 0. The van der Waals surface area contributed by atoms with Crippen LogP contribution >= 0.6 is 0 Å². The van der Waals surface area contributed by atoms with Crippen LogP contribution in [0.2, 0.25) is 0 Å². The maximum atomic E-state index is 10.6. The predicted octanol–water partition coefficient (Wildman–Crippen LogP) is 2.56. The van der Waals surface area contributed by atoms with Gasteiger partial charge in [0.2, 0.25) is 0 Å². The first-order chi connectivity index (χ1) is 9.75. The number of aliphatic hydroxyl groups excluding tert-OH is 1. The number of hydrogen-bond donors (Lipinski definition) is 1. The molecule has 2 atom stereocenters. The molecule has 0 saturated carbocycles. The van der Waals surface area contributed by atoms with Gasteiger partial charge in [-0.2, -0.15) is 0 Å². The summed E-state index contributed by atoms with van der Waals surface area (Å²) in [6, 6.07) is 12.5.